The van der Waals surface area contributed by atoms with Crippen LogP contribution in [0.2, 0.25) is 0 Å². The zero-order chi connectivity index (χ0) is 19.7. The molecule has 1 unspecified atom stereocenters. The van der Waals surface area contributed by atoms with Crippen LogP contribution in [0.4, 0.5) is 0 Å². The highest BCUT2D eigenvalue weighted by Gasteiger charge is 2.40. The zero-order valence-electron chi connectivity index (χ0n) is 17.3. The minimum Gasteiger partial charge on any atom is -0.384 e. The van der Waals surface area contributed by atoms with Gasteiger partial charge >= 0.3 is 0 Å². The van der Waals surface area contributed by atoms with E-state index in [1.807, 2.05) is 10.9 Å². The monoisotopic (exact) mass is 377 g/mol. The van der Waals surface area contributed by atoms with Gasteiger partial charge in [-0.2, -0.15) is 0 Å². The molecule has 7 heteroatoms. The summed E-state index contributed by atoms with van der Waals surface area (Å²) in [7, 11) is 0. The number of amides is 1. The predicted molar refractivity (Wildman–Crippen MR) is 104 cm³/mol. The van der Waals surface area contributed by atoms with E-state index < -0.39 is 5.60 Å². The van der Waals surface area contributed by atoms with E-state index in [0.29, 0.717) is 17.5 Å². The molecule has 1 aromatic rings. The molecule has 3 heterocycles. The number of nitrogens with zero attached hydrogens (tertiary/aromatic N) is 5. The molecule has 7 nitrogen and oxygen atoms in total. The molecular formula is C20H35N5O2. The summed E-state index contributed by atoms with van der Waals surface area (Å²) in [5.74, 6) is 0.834. The topological polar surface area (TPSA) is 74.5 Å². The second kappa shape index (κ2) is 7.87. The number of aliphatic hydroxyl groups is 1. The Labute approximate surface area is 162 Å². The SMILES string of the molecule is CCN1CCCC(C)(C(=O)N2CCC(Cn3cc(C(C)(C)O)nn3)CC2)C1. The first-order valence-corrected chi connectivity index (χ1v) is 10.4. The van der Waals surface area contributed by atoms with Crippen LogP contribution in [-0.2, 0) is 16.9 Å². The Morgan fingerprint density at radius 3 is 2.63 bits per heavy atom. The zero-order valence-corrected chi connectivity index (χ0v) is 17.3. The van der Waals surface area contributed by atoms with E-state index in [9.17, 15) is 9.90 Å². The molecule has 27 heavy (non-hydrogen) atoms. The molecule has 2 aliphatic heterocycles. The van der Waals surface area contributed by atoms with Gasteiger partial charge in [-0.1, -0.05) is 12.1 Å². The quantitative estimate of drug-likeness (QED) is 0.848. The smallest absolute Gasteiger partial charge is 0.229 e. The normalized spacial score (nSPS) is 25.7. The average molecular weight is 378 g/mol. The number of hydrogen-bond acceptors (Lipinski definition) is 5. The van der Waals surface area contributed by atoms with Crippen LogP contribution in [0, 0.1) is 11.3 Å². The van der Waals surface area contributed by atoms with Crippen molar-refractivity contribution in [3.63, 3.8) is 0 Å². The third kappa shape index (κ3) is 4.69. The molecule has 152 valence electrons. The Kier molecular flexibility index (Phi) is 5.91. The number of carbonyl (C=O) groups is 1. The molecule has 3 rings (SSSR count). The first-order valence-electron chi connectivity index (χ1n) is 10.4. The third-order valence-corrected chi connectivity index (χ3v) is 6.25. The van der Waals surface area contributed by atoms with Crippen LogP contribution in [0.5, 0.6) is 0 Å². The van der Waals surface area contributed by atoms with Gasteiger partial charge < -0.3 is 14.9 Å². The molecule has 2 saturated heterocycles. The maximum atomic E-state index is 13.2. The molecule has 0 aliphatic carbocycles. The highest BCUT2D eigenvalue weighted by atomic mass is 16.3. The summed E-state index contributed by atoms with van der Waals surface area (Å²) in [5, 5.41) is 18.3. The summed E-state index contributed by atoms with van der Waals surface area (Å²) in [6.45, 7) is 13.3. The fraction of sp³-hybridized carbons (Fsp3) is 0.850. The van der Waals surface area contributed by atoms with Crippen LogP contribution in [0.3, 0.4) is 0 Å². The molecule has 0 aromatic carbocycles. The fourth-order valence-corrected chi connectivity index (χ4v) is 4.42. The van der Waals surface area contributed by atoms with Gasteiger partial charge in [-0.3, -0.25) is 9.48 Å². The van der Waals surface area contributed by atoms with Crippen molar-refractivity contribution in [3.8, 4) is 0 Å². The van der Waals surface area contributed by atoms with E-state index in [2.05, 4.69) is 34.0 Å². The lowest BCUT2D eigenvalue weighted by Gasteiger charge is -2.43. The van der Waals surface area contributed by atoms with Crippen LogP contribution in [0.1, 0.15) is 59.1 Å². The Balaban J connectivity index is 1.52. The Morgan fingerprint density at radius 2 is 2.04 bits per heavy atom. The van der Waals surface area contributed by atoms with E-state index in [-0.39, 0.29) is 5.41 Å². The number of likely N-dealkylation sites (tertiary alicyclic amines) is 2. The van der Waals surface area contributed by atoms with Crippen LogP contribution in [0.25, 0.3) is 0 Å². The second-order valence-corrected chi connectivity index (χ2v) is 9.15. The summed E-state index contributed by atoms with van der Waals surface area (Å²) in [6, 6.07) is 0. The van der Waals surface area contributed by atoms with Gasteiger partial charge in [0.25, 0.3) is 0 Å². The van der Waals surface area contributed by atoms with Crippen molar-refractivity contribution in [1.29, 1.82) is 0 Å². The van der Waals surface area contributed by atoms with Crippen molar-refractivity contribution in [2.75, 3.05) is 32.7 Å². The van der Waals surface area contributed by atoms with Gasteiger partial charge in [0.2, 0.25) is 5.91 Å². The van der Waals surface area contributed by atoms with Crippen molar-refractivity contribution in [3.05, 3.63) is 11.9 Å². The molecule has 2 fully saturated rings. The minimum atomic E-state index is -0.962. The van der Waals surface area contributed by atoms with Crippen LogP contribution < -0.4 is 0 Å². The highest BCUT2D eigenvalue weighted by Crippen LogP contribution is 2.33. The van der Waals surface area contributed by atoms with Gasteiger partial charge in [0.1, 0.15) is 11.3 Å². The van der Waals surface area contributed by atoms with Crippen LogP contribution in [0.15, 0.2) is 6.20 Å². The van der Waals surface area contributed by atoms with E-state index >= 15 is 0 Å². The highest BCUT2D eigenvalue weighted by molar-refractivity contribution is 5.82. The molecule has 1 amide bonds. The van der Waals surface area contributed by atoms with Gasteiger partial charge in [-0.25, -0.2) is 0 Å². The van der Waals surface area contributed by atoms with Crippen molar-refractivity contribution in [2.45, 2.75) is 65.5 Å². The van der Waals surface area contributed by atoms with Gasteiger partial charge in [-0.05, 0) is 65.5 Å². The predicted octanol–water partition coefficient (Wildman–Crippen LogP) is 1.87. The molecule has 0 bridgehead atoms. The van der Waals surface area contributed by atoms with Crippen molar-refractivity contribution in [1.82, 2.24) is 24.8 Å². The third-order valence-electron chi connectivity index (χ3n) is 6.25. The largest absolute Gasteiger partial charge is 0.384 e. The maximum absolute atomic E-state index is 13.2. The average Bonchev–Trinajstić information content (AvgIpc) is 3.11. The molecule has 0 saturated carbocycles. The lowest BCUT2D eigenvalue weighted by atomic mass is 9.79. The number of carbonyl (C=O) groups excluding carboxylic acids is 1. The number of aromatic nitrogens is 3. The lowest BCUT2D eigenvalue weighted by Crippen LogP contribution is -2.53. The van der Waals surface area contributed by atoms with Crippen molar-refractivity contribution in [2.24, 2.45) is 11.3 Å². The summed E-state index contributed by atoms with van der Waals surface area (Å²) < 4.78 is 1.83. The number of piperidine rings is 2. The molecule has 0 spiro atoms. The molecule has 1 aromatic heterocycles. The molecule has 1 atom stereocenters. The molecular weight excluding hydrogens is 342 g/mol. The molecule has 2 aliphatic rings. The summed E-state index contributed by atoms with van der Waals surface area (Å²) in [6.07, 6.45) is 5.94. The summed E-state index contributed by atoms with van der Waals surface area (Å²) in [4.78, 5) is 17.6. The van der Waals surface area contributed by atoms with Gasteiger partial charge in [0, 0.05) is 26.2 Å². The summed E-state index contributed by atoms with van der Waals surface area (Å²) in [5.41, 5.74) is -0.592. The van der Waals surface area contributed by atoms with Crippen molar-refractivity contribution < 1.29 is 9.90 Å². The van der Waals surface area contributed by atoms with Gasteiger partial charge in [0.15, 0.2) is 0 Å². The first kappa shape index (κ1) is 20.3. The van der Waals surface area contributed by atoms with E-state index in [1.165, 1.54) is 0 Å². The molecule has 0 radical (unpaired) electrons. The Hall–Kier alpha value is -1.47. The van der Waals surface area contributed by atoms with Gasteiger partial charge in [0.05, 0.1) is 11.6 Å². The molecule has 1 N–H and O–H groups in total. The first-order chi connectivity index (χ1) is 12.7. The maximum Gasteiger partial charge on any atom is 0.229 e. The van der Waals surface area contributed by atoms with Gasteiger partial charge in [-0.15, -0.1) is 5.10 Å². The van der Waals surface area contributed by atoms with E-state index in [4.69, 9.17) is 0 Å². The second-order valence-electron chi connectivity index (χ2n) is 9.15. The summed E-state index contributed by atoms with van der Waals surface area (Å²) >= 11 is 0. The number of hydrogen-bond donors (Lipinski definition) is 1. The van der Waals surface area contributed by atoms with Crippen molar-refractivity contribution >= 4 is 5.91 Å². The van der Waals surface area contributed by atoms with E-state index in [1.54, 1.807) is 13.8 Å². The number of rotatable bonds is 5. The Bertz CT molecular complexity index is 645. The van der Waals surface area contributed by atoms with E-state index in [0.717, 1.165) is 65.0 Å². The minimum absolute atomic E-state index is 0.228. The fourth-order valence-electron chi connectivity index (χ4n) is 4.42. The standard InChI is InChI=1S/C20H35N5O2/c1-5-23-10-6-9-20(4,15-23)18(26)24-11-7-16(8-12-24)13-25-14-17(21-22-25)19(2,3)27/h14,16,27H,5-13,15H2,1-4H3. The van der Waals surface area contributed by atoms with Crippen LogP contribution in [-0.4, -0.2) is 68.5 Å². The lowest BCUT2D eigenvalue weighted by molar-refractivity contribution is -0.146. The van der Waals surface area contributed by atoms with Crippen LogP contribution >= 0.6 is 0 Å². The Morgan fingerprint density at radius 1 is 1.33 bits per heavy atom.